The maximum Gasteiger partial charge on any atom is 0.126 e. The van der Waals surface area contributed by atoms with Crippen LogP contribution < -0.4 is 10.1 Å². The molecule has 0 radical (unpaired) electrons. The normalized spacial score (nSPS) is 18.0. The van der Waals surface area contributed by atoms with Crippen LogP contribution in [0.4, 0.5) is 0 Å². The first-order valence-corrected chi connectivity index (χ1v) is 7.61. The van der Waals surface area contributed by atoms with Crippen molar-refractivity contribution in [1.29, 1.82) is 0 Å². The third-order valence-corrected chi connectivity index (χ3v) is 4.18. The van der Waals surface area contributed by atoms with E-state index in [-0.39, 0.29) is 0 Å². The molecular formula is C17H23N3O. The van der Waals surface area contributed by atoms with E-state index in [1.165, 1.54) is 22.3 Å². The van der Waals surface area contributed by atoms with Gasteiger partial charge in [-0.25, -0.2) is 0 Å². The number of aromatic amines is 1. The SMILES string of the molecule is Cc1cc(C)c2c(c1)[C@@H](NCc1cn[nH]c1C)CCCO2. The summed E-state index contributed by atoms with van der Waals surface area (Å²) in [5.74, 6) is 1.07. The van der Waals surface area contributed by atoms with Crippen LogP contribution in [0, 0.1) is 20.8 Å². The monoisotopic (exact) mass is 285 g/mol. The zero-order chi connectivity index (χ0) is 14.8. The van der Waals surface area contributed by atoms with Gasteiger partial charge >= 0.3 is 0 Å². The Morgan fingerprint density at radius 1 is 1.33 bits per heavy atom. The van der Waals surface area contributed by atoms with Crippen molar-refractivity contribution in [3.8, 4) is 5.75 Å². The van der Waals surface area contributed by atoms with Crippen LogP contribution in [-0.2, 0) is 6.54 Å². The molecule has 1 atom stereocenters. The number of ether oxygens (including phenoxy) is 1. The molecule has 0 spiro atoms. The van der Waals surface area contributed by atoms with Gasteiger partial charge in [0.1, 0.15) is 5.75 Å². The Bertz CT molecular complexity index is 633. The van der Waals surface area contributed by atoms with Crippen molar-refractivity contribution in [2.75, 3.05) is 6.61 Å². The van der Waals surface area contributed by atoms with Gasteiger partial charge in [0.2, 0.25) is 0 Å². The Hall–Kier alpha value is -1.81. The first kappa shape index (κ1) is 14.1. The number of benzene rings is 1. The van der Waals surface area contributed by atoms with E-state index in [9.17, 15) is 0 Å². The van der Waals surface area contributed by atoms with Crippen molar-refractivity contribution in [3.05, 3.63) is 46.3 Å². The smallest absolute Gasteiger partial charge is 0.126 e. The fraction of sp³-hybridized carbons (Fsp3) is 0.471. The standard InChI is InChI=1S/C17H23N3O/c1-11-7-12(2)17-15(8-11)16(5-4-6-21-17)18-9-14-10-19-20-13(14)3/h7-8,10,16,18H,4-6,9H2,1-3H3,(H,19,20)/t16-/m0/s1. The fourth-order valence-electron chi connectivity index (χ4n) is 3.06. The van der Waals surface area contributed by atoms with Crippen LogP contribution in [0.15, 0.2) is 18.3 Å². The zero-order valence-corrected chi connectivity index (χ0v) is 13.0. The van der Waals surface area contributed by atoms with Crippen LogP contribution in [0.3, 0.4) is 0 Å². The number of hydrogen-bond acceptors (Lipinski definition) is 3. The lowest BCUT2D eigenvalue weighted by atomic mass is 9.97. The number of aromatic nitrogens is 2. The molecule has 1 aromatic carbocycles. The molecule has 2 heterocycles. The molecule has 0 saturated heterocycles. The highest BCUT2D eigenvalue weighted by atomic mass is 16.5. The van der Waals surface area contributed by atoms with E-state index in [2.05, 4.69) is 48.4 Å². The van der Waals surface area contributed by atoms with Crippen LogP contribution in [0.5, 0.6) is 5.75 Å². The molecule has 2 N–H and O–H groups in total. The molecule has 1 aromatic heterocycles. The average molecular weight is 285 g/mol. The summed E-state index contributed by atoms with van der Waals surface area (Å²) < 4.78 is 5.97. The summed E-state index contributed by atoms with van der Waals surface area (Å²) in [5.41, 5.74) is 6.19. The van der Waals surface area contributed by atoms with Gasteiger partial charge in [-0.3, -0.25) is 5.10 Å². The molecule has 1 aliphatic rings. The molecule has 3 rings (SSSR count). The third-order valence-electron chi connectivity index (χ3n) is 4.18. The van der Waals surface area contributed by atoms with Crippen LogP contribution in [0.2, 0.25) is 0 Å². The van der Waals surface area contributed by atoms with Crippen LogP contribution in [0.1, 0.15) is 46.8 Å². The summed E-state index contributed by atoms with van der Waals surface area (Å²) in [4.78, 5) is 0. The first-order chi connectivity index (χ1) is 10.1. The summed E-state index contributed by atoms with van der Waals surface area (Å²) in [5, 5.41) is 10.8. The Kier molecular flexibility index (Phi) is 3.97. The van der Waals surface area contributed by atoms with Gasteiger partial charge in [0.15, 0.2) is 0 Å². The molecule has 2 aromatic rings. The van der Waals surface area contributed by atoms with Crippen LogP contribution in [0.25, 0.3) is 0 Å². The lowest BCUT2D eigenvalue weighted by Crippen LogP contribution is -2.21. The van der Waals surface area contributed by atoms with Crippen molar-refractivity contribution < 1.29 is 4.74 Å². The largest absolute Gasteiger partial charge is 0.493 e. The predicted octanol–water partition coefficient (Wildman–Crippen LogP) is 3.34. The number of nitrogens with one attached hydrogen (secondary N) is 2. The Morgan fingerprint density at radius 2 is 2.19 bits per heavy atom. The van der Waals surface area contributed by atoms with Crippen molar-refractivity contribution in [3.63, 3.8) is 0 Å². The maximum atomic E-state index is 5.97. The highest BCUT2D eigenvalue weighted by molar-refractivity contribution is 5.46. The summed E-state index contributed by atoms with van der Waals surface area (Å²) in [6, 6.07) is 4.80. The minimum Gasteiger partial charge on any atom is -0.493 e. The molecule has 0 saturated carbocycles. The second kappa shape index (κ2) is 5.90. The molecule has 0 amide bonds. The summed E-state index contributed by atoms with van der Waals surface area (Å²) in [6.45, 7) is 7.98. The molecule has 4 nitrogen and oxygen atoms in total. The van der Waals surface area contributed by atoms with Gasteiger partial charge in [0.05, 0.1) is 12.8 Å². The number of hydrogen-bond donors (Lipinski definition) is 2. The zero-order valence-electron chi connectivity index (χ0n) is 13.0. The highest BCUT2D eigenvalue weighted by Gasteiger charge is 2.21. The van der Waals surface area contributed by atoms with Gasteiger partial charge in [-0.05, 0) is 39.2 Å². The van der Waals surface area contributed by atoms with E-state index >= 15 is 0 Å². The quantitative estimate of drug-likeness (QED) is 0.909. The molecule has 21 heavy (non-hydrogen) atoms. The number of fused-ring (bicyclic) bond motifs is 1. The third kappa shape index (κ3) is 2.95. The van der Waals surface area contributed by atoms with Gasteiger partial charge in [0, 0.05) is 29.4 Å². The number of nitrogens with zero attached hydrogens (tertiary/aromatic N) is 1. The molecular weight excluding hydrogens is 262 g/mol. The van der Waals surface area contributed by atoms with Gasteiger partial charge in [-0.15, -0.1) is 0 Å². The molecule has 1 aliphatic heterocycles. The number of rotatable bonds is 3. The molecule has 112 valence electrons. The summed E-state index contributed by atoms with van der Waals surface area (Å²) in [7, 11) is 0. The summed E-state index contributed by atoms with van der Waals surface area (Å²) >= 11 is 0. The topological polar surface area (TPSA) is 49.9 Å². The Labute approximate surface area is 125 Å². The highest BCUT2D eigenvalue weighted by Crippen LogP contribution is 2.35. The minimum absolute atomic E-state index is 0.343. The van der Waals surface area contributed by atoms with Gasteiger partial charge in [-0.2, -0.15) is 5.10 Å². The van der Waals surface area contributed by atoms with Crippen LogP contribution in [-0.4, -0.2) is 16.8 Å². The van der Waals surface area contributed by atoms with E-state index in [4.69, 9.17) is 4.74 Å². The Morgan fingerprint density at radius 3 is 2.95 bits per heavy atom. The van der Waals surface area contributed by atoms with E-state index < -0.39 is 0 Å². The minimum atomic E-state index is 0.343. The fourth-order valence-corrected chi connectivity index (χ4v) is 3.06. The Balaban J connectivity index is 1.84. The van der Waals surface area contributed by atoms with Crippen molar-refractivity contribution >= 4 is 0 Å². The molecule has 4 heteroatoms. The predicted molar refractivity (Wildman–Crippen MR) is 83.6 cm³/mol. The van der Waals surface area contributed by atoms with E-state index in [0.717, 1.165) is 37.4 Å². The van der Waals surface area contributed by atoms with E-state index in [1.807, 2.05) is 6.20 Å². The van der Waals surface area contributed by atoms with Gasteiger partial charge < -0.3 is 10.1 Å². The molecule has 0 fully saturated rings. The molecule has 0 bridgehead atoms. The lowest BCUT2D eigenvalue weighted by molar-refractivity contribution is 0.313. The second-order valence-electron chi connectivity index (χ2n) is 5.94. The van der Waals surface area contributed by atoms with Crippen LogP contribution >= 0.6 is 0 Å². The molecule has 0 unspecified atom stereocenters. The summed E-state index contributed by atoms with van der Waals surface area (Å²) in [6.07, 6.45) is 4.08. The second-order valence-corrected chi connectivity index (χ2v) is 5.94. The maximum absolute atomic E-state index is 5.97. The van der Waals surface area contributed by atoms with Crippen molar-refractivity contribution in [2.24, 2.45) is 0 Å². The van der Waals surface area contributed by atoms with Gasteiger partial charge in [0.25, 0.3) is 0 Å². The van der Waals surface area contributed by atoms with E-state index in [1.54, 1.807) is 0 Å². The van der Waals surface area contributed by atoms with Gasteiger partial charge in [-0.1, -0.05) is 17.7 Å². The molecule has 0 aliphatic carbocycles. The van der Waals surface area contributed by atoms with Crippen molar-refractivity contribution in [1.82, 2.24) is 15.5 Å². The number of H-pyrrole nitrogens is 1. The van der Waals surface area contributed by atoms with Crippen molar-refractivity contribution in [2.45, 2.75) is 46.2 Å². The average Bonchev–Trinajstić information content (AvgIpc) is 2.73. The van der Waals surface area contributed by atoms with E-state index in [0.29, 0.717) is 6.04 Å². The first-order valence-electron chi connectivity index (χ1n) is 7.61. The number of aryl methyl sites for hydroxylation is 3. The lowest BCUT2D eigenvalue weighted by Gasteiger charge is -2.20.